The lowest BCUT2D eigenvalue weighted by Gasteiger charge is -2.12. The molecule has 0 saturated carbocycles. The number of carbonyl (C=O) groups excluding carboxylic acids is 1. The van der Waals surface area contributed by atoms with Crippen molar-refractivity contribution in [3.63, 3.8) is 0 Å². The number of hydrogen-bond acceptors (Lipinski definition) is 3. The van der Waals surface area contributed by atoms with Crippen molar-refractivity contribution in [2.45, 2.75) is 32.1 Å². The van der Waals surface area contributed by atoms with E-state index in [9.17, 15) is 4.79 Å². The fourth-order valence-electron chi connectivity index (χ4n) is 2.70. The van der Waals surface area contributed by atoms with E-state index < -0.39 is 0 Å². The zero-order chi connectivity index (χ0) is 16.9. The summed E-state index contributed by atoms with van der Waals surface area (Å²) in [5.41, 5.74) is 2.36. The van der Waals surface area contributed by atoms with Gasteiger partial charge in [0.05, 0.1) is 10.0 Å². The third-order valence-corrected chi connectivity index (χ3v) is 4.76. The van der Waals surface area contributed by atoms with Gasteiger partial charge in [-0.3, -0.25) is 4.79 Å². The lowest BCUT2D eigenvalue weighted by molar-refractivity contribution is 0.0949. The Hall–Kier alpha value is -1.78. The number of amides is 1. The van der Waals surface area contributed by atoms with Crippen LogP contribution < -0.4 is 5.32 Å². The monoisotopic (exact) mass is 364 g/mol. The highest BCUT2D eigenvalue weighted by atomic mass is 35.5. The van der Waals surface area contributed by atoms with Crippen LogP contribution in [0.2, 0.25) is 10.0 Å². The second-order valence-electron chi connectivity index (χ2n) is 5.78. The SMILES string of the molecule is O=C(NCCC1=CCCCC1)c1coc(-c2ccc(Cl)c(Cl)c2)n1. The Morgan fingerprint density at radius 3 is 2.88 bits per heavy atom. The molecule has 1 aromatic heterocycles. The van der Waals surface area contributed by atoms with Crippen molar-refractivity contribution in [3.05, 3.63) is 51.9 Å². The molecule has 0 fully saturated rings. The second kappa shape index (κ2) is 7.86. The first-order valence-corrected chi connectivity index (χ1v) is 8.76. The predicted molar refractivity (Wildman–Crippen MR) is 95.5 cm³/mol. The summed E-state index contributed by atoms with van der Waals surface area (Å²) in [7, 11) is 0. The second-order valence-corrected chi connectivity index (χ2v) is 6.60. The van der Waals surface area contributed by atoms with E-state index in [1.165, 1.54) is 24.7 Å². The number of nitrogens with one attached hydrogen (secondary N) is 1. The molecule has 3 rings (SSSR count). The summed E-state index contributed by atoms with van der Waals surface area (Å²) in [6.07, 6.45) is 9.34. The van der Waals surface area contributed by atoms with Crippen molar-refractivity contribution >= 4 is 29.1 Å². The van der Waals surface area contributed by atoms with E-state index in [-0.39, 0.29) is 11.6 Å². The number of hydrogen-bond donors (Lipinski definition) is 1. The highest BCUT2D eigenvalue weighted by molar-refractivity contribution is 6.42. The molecule has 126 valence electrons. The van der Waals surface area contributed by atoms with Gasteiger partial charge in [0.25, 0.3) is 5.91 Å². The van der Waals surface area contributed by atoms with Gasteiger partial charge < -0.3 is 9.73 Å². The van der Waals surface area contributed by atoms with Crippen molar-refractivity contribution in [1.29, 1.82) is 0 Å². The molecule has 0 aliphatic heterocycles. The summed E-state index contributed by atoms with van der Waals surface area (Å²) in [5, 5.41) is 3.76. The Kier molecular flexibility index (Phi) is 5.59. The Balaban J connectivity index is 1.59. The molecule has 1 amide bonds. The summed E-state index contributed by atoms with van der Waals surface area (Å²) < 4.78 is 5.38. The molecule has 0 radical (unpaired) electrons. The van der Waals surface area contributed by atoms with Crippen LogP contribution in [0.25, 0.3) is 11.5 Å². The molecule has 1 heterocycles. The molecule has 0 bridgehead atoms. The molecule has 0 unspecified atom stereocenters. The minimum absolute atomic E-state index is 0.235. The van der Waals surface area contributed by atoms with Gasteiger partial charge in [0.2, 0.25) is 5.89 Å². The quantitative estimate of drug-likeness (QED) is 0.735. The van der Waals surface area contributed by atoms with Gasteiger partial charge in [0.1, 0.15) is 6.26 Å². The van der Waals surface area contributed by atoms with Gasteiger partial charge in [-0.15, -0.1) is 0 Å². The smallest absolute Gasteiger partial charge is 0.273 e. The third-order valence-electron chi connectivity index (χ3n) is 4.02. The van der Waals surface area contributed by atoms with Crippen LogP contribution in [0.4, 0.5) is 0 Å². The first kappa shape index (κ1) is 17.1. The number of allylic oxidation sites excluding steroid dienone is 1. The van der Waals surface area contributed by atoms with Crippen LogP contribution in [0.5, 0.6) is 0 Å². The van der Waals surface area contributed by atoms with Crippen LogP contribution in [-0.2, 0) is 0 Å². The Morgan fingerprint density at radius 2 is 2.12 bits per heavy atom. The van der Waals surface area contributed by atoms with Crippen molar-refractivity contribution in [2.75, 3.05) is 6.54 Å². The van der Waals surface area contributed by atoms with Crippen LogP contribution in [0.1, 0.15) is 42.6 Å². The molecule has 6 heteroatoms. The lowest BCUT2D eigenvalue weighted by atomic mass is 9.97. The molecule has 4 nitrogen and oxygen atoms in total. The number of nitrogens with zero attached hydrogens (tertiary/aromatic N) is 1. The molecule has 2 aromatic rings. The molecular weight excluding hydrogens is 347 g/mol. The summed E-state index contributed by atoms with van der Waals surface area (Å²) in [4.78, 5) is 16.4. The highest BCUT2D eigenvalue weighted by Gasteiger charge is 2.14. The number of aromatic nitrogens is 1. The Morgan fingerprint density at radius 1 is 1.25 bits per heavy atom. The highest BCUT2D eigenvalue weighted by Crippen LogP contribution is 2.28. The molecule has 1 aliphatic rings. The van der Waals surface area contributed by atoms with Gasteiger partial charge in [-0.1, -0.05) is 34.9 Å². The molecule has 0 spiro atoms. The van der Waals surface area contributed by atoms with Crippen molar-refractivity contribution in [3.8, 4) is 11.5 Å². The fourth-order valence-corrected chi connectivity index (χ4v) is 3.00. The summed E-state index contributed by atoms with van der Waals surface area (Å²) in [6, 6.07) is 5.07. The first-order chi connectivity index (χ1) is 11.6. The van der Waals surface area contributed by atoms with Gasteiger partial charge in [-0.05, 0) is 50.3 Å². The van der Waals surface area contributed by atoms with Crippen LogP contribution in [0.15, 0.2) is 40.5 Å². The van der Waals surface area contributed by atoms with E-state index in [1.807, 2.05) is 0 Å². The number of benzene rings is 1. The molecular formula is C18H18Cl2N2O2. The lowest BCUT2D eigenvalue weighted by Crippen LogP contribution is -2.25. The fraction of sp³-hybridized carbons (Fsp3) is 0.333. The minimum Gasteiger partial charge on any atom is -0.444 e. The average molecular weight is 365 g/mol. The van der Waals surface area contributed by atoms with E-state index in [2.05, 4.69) is 16.4 Å². The van der Waals surface area contributed by atoms with Gasteiger partial charge in [0, 0.05) is 12.1 Å². The van der Waals surface area contributed by atoms with E-state index >= 15 is 0 Å². The molecule has 1 aromatic carbocycles. The Bertz CT molecular complexity index is 768. The Labute approximate surface area is 150 Å². The summed E-state index contributed by atoms with van der Waals surface area (Å²) in [6.45, 7) is 0.611. The number of rotatable bonds is 5. The van der Waals surface area contributed by atoms with Crippen LogP contribution in [0.3, 0.4) is 0 Å². The topological polar surface area (TPSA) is 55.1 Å². The average Bonchev–Trinajstić information content (AvgIpc) is 3.08. The third kappa shape index (κ3) is 4.19. The van der Waals surface area contributed by atoms with Crippen molar-refractivity contribution < 1.29 is 9.21 Å². The summed E-state index contributed by atoms with van der Waals surface area (Å²) >= 11 is 11.9. The zero-order valence-electron chi connectivity index (χ0n) is 13.1. The minimum atomic E-state index is -0.235. The molecule has 1 aliphatic carbocycles. The van der Waals surface area contributed by atoms with Crippen LogP contribution in [0, 0.1) is 0 Å². The maximum Gasteiger partial charge on any atom is 0.273 e. The van der Waals surface area contributed by atoms with E-state index in [4.69, 9.17) is 27.6 Å². The number of halogens is 2. The zero-order valence-corrected chi connectivity index (χ0v) is 14.7. The van der Waals surface area contributed by atoms with Gasteiger partial charge in [-0.25, -0.2) is 4.98 Å². The maximum absolute atomic E-state index is 12.2. The predicted octanol–water partition coefficient (Wildman–Crippen LogP) is 5.27. The molecule has 1 N–H and O–H groups in total. The van der Waals surface area contributed by atoms with E-state index in [1.54, 1.807) is 18.2 Å². The number of oxazole rings is 1. The number of carbonyl (C=O) groups is 1. The maximum atomic E-state index is 12.2. The molecule has 24 heavy (non-hydrogen) atoms. The van der Waals surface area contributed by atoms with Crippen LogP contribution >= 0.6 is 23.2 Å². The van der Waals surface area contributed by atoms with Crippen molar-refractivity contribution in [2.24, 2.45) is 0 Å². The normalized spacial score (nSPS) is 14.3. The van der Waals surface area contributed by atoms with Gasteiger partial charge in [-0.2, -0.15) is 0 Å². The van der Waals surface area contributed by atoms with Gasteiger partial charge in [0.15, 0.2) is 5.69 Å². The summed E-state index contributed by atoms with van der Waals surface area (Å²) in [5.74, 6) is 0.107. The van der Waals surface area contributed by atoms with E-state index in [0.29, 0.717) is 28.0 Å². The van der Waals surface area contributed by atoms with Gasteiger partial charge >= 0.3 is 0 Å². The van der Waals surface area contributed by atoms with Crippen LogP contribution in [-0.4, -0.2) is 17.4 Å². The molecule has 0 saturated heterocycles. The van der Waals surface area contributed by atoms with E-state index in [0.717, 1.165) is 19.3 Å². The largest absolute Gasteiger partial charge is 0.444 e. The standard InChI is InChI=1S/C18H18Cl2N2O2/c19-14-7-6-13(10-15(14)20)18-22-16(11-24-18)17(23)21-9-8-12-4-2-1-3-5-12/h4,6-7,10-11H,1-3,5,8-9H2,(H,21,23). The molecule has 0 atom stereocenters. The first-order valence-electron chi connectivity index (χ1n) is 8.00. The van der Waals surface area contributed by atoms with Crippen molar-refractivity contribution in [1.82, 2.24) is 10.3 Å².